The maximum atomic E-state index is 8.91. The van der Waals surface area contributed by atoms with Crippen molar-refractivity contribution in [3.8, 4) is 6.07 Å². The highest BCUT2D eigenvalue weighted by atomic mass is 14.6. The van der Waals surface area contributed by atoms with Gasteiger partial charge in [0.15, 0.2) is 0 Å². The van der Waals surface area contributed by atoms with Gasteiger partial charge in [0.1, 0.15) is 6.07 Å². The Balaban J connectivity index is 2.25. The Morgan fingerprint density at radius 2 is 1.93 bits per heavy atom. The summed E-state index contributed by atoms with van der Waals surface area (Å²) < 4.78 is 0. The molecule has 0 unspecified atom stereocenters. The van der Waals surface area contributed by atoms with Crippen LogP contribution in [0.3, 0.4) is 0 Å². The monoisotopic (exact) mass is 200 g/mol. The van der Waals surface area contributed by atoms with Gasteiger partial charge in [0.25, 0.3) is 0 Å². The molecule has 1 aliphatic carbocycles. The number of hydrogen-bond donors (Lipinski definition) is 1. The lowest BCUT2D eigenvalue weighted by Gasteiger charge is -2.22. The number of anilines is 1. The smallest absolute Gasteiger partial charge is 0.101 e. The Hall–Kier alpha value is -1.49. The first-order chi connectivity index (χ1) is 7.31. The SMILES string of the molecule is N#Cc1cc(C2CCCCC2)ccc1N. The maximum absolute atomic E-state index is 8.91. The largest absolute Gasteiger partial charge is 0.398 e. The van der Waals surface area contributed by atoms with Gasteiger partial charge in [-0.25, -0.2) is 0 Å². The van der Waals surface area contributed by atoms with Crippen molar-refractivity contribution in [3.63, 3.8) is 0 Å². The normalized spacial score (nSPS) is 17.3. The van der Waals surface area contributed by atoms with Crippen LogP contribution in [0.2, 0.25) is 0 Å². The molecular weight excluding hydrogens is 184 g/mol. The van der Waals surface area contributed by atoms with Gasteiger partial charge < -0.3 is 5.73 Å². The van der Waals surface area contributed by atoms with Crippen molar-refractivity contribution < 1.29 is 0 Å². The van der Waals surface area contributed by atoms with Crippen LogP contribution in [0.1, 0.15) is 49.1 Å². The molecule has 1 fully saturated rings. The van der Waals surface area contributed by atoms with Crippen LogP contribution < -0.4 is 5.73 Å². The van der Waals surface area contributed by atoms with E-state index in [-0.39, 0.29) is 0 Å². The average molecular weight is 200 g/mol. The molecule has 1 aromatic rings. The summed E-state index contributed by atoms with van der Waals surface area (Å²) >= 11 is 0. The summed E-state index contributed by atoms with van der Waals surface area (Å²) in [5.74, 6) is 0.645. The zero-order valence-corrected chi connectivity index (χ0v) is 8.87. The zero-order chi connectivity index (χ0) is 10.7. The molecule has 1 saturated carbocycles. The fourth-order valence-electron chi connectivity index (χ4n) is 2.36. The van der Waals surface area contributed by atoms with Crippen molar-refractivity contribution >= 4 is 5.69 Å². The number of nitrogen functional groups attached to an aromatic ring is 1. The van der Waals surface area contributed by atoms with Crippen molar-refractivity contribution in [2.75, 3.05) is 5.73 Å². The molecule has 78 valence electrons. The molecule has 0 saturated heterocycles. The summed E-state index contributed by atoms with van der Waals surface area (Å²) in [4.78, 5) is 0. The summed E-state index contributed by atoms with van der Waals surface area (Å²) in [6, 6.07) is 8.05. The van der Waals surface area contributed by atoms with Crippen LogP contribution >= 0.6 is 0 Å². The highest BCUT2D eigenvalue weighted by Crippen LogP contribution is 2.33. The van der Waals surface area contributed by atoms with Gasteiger partial charge in [0.2, 0.25) is 0 Å². The minimum Gasteiger partial charge on any atom is -0.398 e. The molecule has 0 aliphatic heterocycles. The van der Waals surface area contributed by atoms with E-state index >= 15 is 0 Å². The van der Waals surface area contributed by atoms with E-state index in [9.17, 15) is 0 Å². The van der Waals surface area contributed by atoms with E-state index in [4.69, 9.17) is 11.0 Å². The topological polar surface area (TPSA) is 49.8 Å². The van der Waals surface area contributed by atoms with Gasteiger partial charge in [-0.3, -0.25) is 0 Å². The lowest BCUT2D eigenvalue weighted by molar-refractivity contribution is 0.443. The average Bonchev–Trinajstić information content (AvgIpc) is 2.31. The van der Waals surface area contributed by atoms with Gasteiger partial charge in [0.05, 0.1) is 5.56 Å². The molecule has 0 atom stereocenters. The lowest BCUT2D eigenvalue weighted by atomic mass is 9.83. The second kappa shape index (κ2) is 4.35. The Labute approximate surface area is 90.7 Å². The number of rotatable bonds is 1. The first-order valence-electron chi connectivity index (χ1n) is 5.61. The first-order valence-corrected chi connectivity index (χ1v) is 5.61. The van der Waals surface area contributed by atoms with Gasteiger partial charge in [-0.2, -0.15) is 5.26 Å². The molecule has 0 spiro atoms. The second-order valence-electron chi connectivity index (χ2n) is 4.29. The maximum Gasteiger partial charge on any atom is 0.101 e. The van der Waals surface area contributed by atoms with E-state index in [2.05, 4.69) is 12.1 Å². The fourth-order valence-corrected chi connectivity index (χ4v) is 2.36. The minimum atomic E-state index is 0.594. The van der Waals surface area contributed by atoms with E-state index in [0.717, 1.165) is 0 Å². The van der Waals surface area contributed by atoms with Crippen molar-refractivity contribution in [3.05, 3.63) is 29.3 Å². The number of nitriles is 1. The van der Waals surface area contributed by atoms with Gasteiger partial charge in [-0.1, -0.05) is 25.3 Å². The third-order valence-corrected chi connectivity index (χ3v) is 3.27. The van der Waals surface area contributed by atoms with Crippen LogP contribution in [-0.4, -0.2) is 0 Å². The summed E-state index contributed by atoms with van der Waals surface area (Å²) in [5.41, 5.74) is 8.22. The van der Waals surface area contributed by atoms with Crippen molar-refractivity contribution in [1.82, 2.24) is 0 Å². The first kappa shape index (κ1) is 10.0. The van der Waals surface area contributed by atoms with Crippen molar-refractivity contribution in [2.24, 2.45) is 0 Å². The predicted molar refractivity (Wildman–Crippen MR) is 61.4 cm³/mol. The molecule has 0 radical (unpaired) electrons. The molecule has 15 heavy (non-hydrogen) atoms. The quantitative estimate of drug-likeness (QED) is 0.708. The van der Waals surface area contributed by atoms with Crippen LogP contribution in [-0.2, 0) is 0 Å². The van der Waals surface area contributed by atoms with E-state index in [1.165, 1.54) is 37.7 Å². The number of nitrogens with zero attached hydrogens (tertiary/aromatic N) is 1. The minimum absolute atomic E-state index is 0.594. The van der Waals surface area contributed by atoms with Crippen LogP contribution in [0.4, 0.5) is 5.69 Å². The van der Waals surface area contributed by atoms with Gasteiger partial charge in [0, 0.05) is 5.69 Å². The Kier molecular flexibility index (Phi) is 2.91. The Morgan fingerprint density at radius 1 is 1.20 bits per heavy atom. The zero-order valence-electron chi connectivity index (χ0n) is 8.87. The highest BCUT2D eigenvalue weighted by molar-refractivity contribution is 5.55. The number of benzene rings is 1. The van der Waals surface area contributed by atoms with E-state index in [1.807, 2.05) is 12.1 Å². The summed E-state index contributed by atoms with van der Waals surface area (Å²) in [5, 5.41) is 8.91. The van der Waals surface area contributed by atoms with E-state index < -0.39 is 0 Å². The molecule has 1 aliphatic rings. The van der Waals surface area contributed by atoms with Gasteiger partial charge >= 0.3 is 0 Å². The summed E-state index contributed by atoms with van der Waals surface area (Å²) in [7, 11) is 0. The molecule has 2 nitrogen and oxygen atoms in total. The van der Waals surface area contributed by atoms with Gasteiger partial charge in [-0.15, -0.1) is 0 Å². The summed E-state index contributed by atoms with van der Waals surface area (Å²) in [6.07, 6.45) is 6.51. The molecule has 2 N–H and O–H groups in total. The molecule has 0 aromatic heterocycles. The molecule has 2 heteroatoms. The van der Waals surface area contributed by atoms with E-state index in [1.54, 1.807) is 0 Å². The second-order valence-corrected chi connectivity index (χ2v) is 4.29. The highest BCUT2D eigenvalue weighted by Gasteiger charge is 2.16. The predicted octanol–water partition coefficient (Wildman–Crippen LogP) is 3.19. The number of hydrogen-bond acceptors (Lipinski definition) is 2. The van der Waals surface area contributed by atoms with Crippen molar-refractivity contribution in [2.45, 2.75) is 38.0 Å². The fraction of sp³-hybridized carbons (Fsp3) is 0.462. The van der Waals surface area contributed by atoms with Crippen LogP contribution in [0.5, 0.6) is 0 Å². The Bertz CT molecular complexity index is 384. The molecule has 0 heterocycles. The molecule has 1 aromatic carbocycles. The van der Waals surface area contributed by atoms with Crippen molar-refractivity contribution in [1.29, 1.82) is 5.26 Å². The number of nitrogens with two attached hydrogens (primary N) is 1. The third-order valence-electron chi connectivity index (χ3n) is 3.27. The standard InChI is InChI=1S/C13H16N2/c14-9-12-8-11(6-7-13(12)15)10-4-2-1-3-5-10/h6-8,10H,1-5,15H2. The molecule has 0 amide bonds. The lowest BCUT2D eigenvalue weighted by Crippen LogP contribution is -2.05. The van der Waals surface area contributed by atoms with Crippen LogP contribution in [0, 0.1) is 11.3 Å². The van der Waals surface area contributed by atoms with Crippen LogP contribution in [0.15, 0.2) is 18.2 Å². The Morgan fingerprint density at radius 3 is 2.60 bits per heavy atom. The third kappa shape index (κ3) is 2.12. The van der Waals surface area contributed by atoms with Crippen LogP contribution in [0.25, 0.3) is 0 Å². The van der Waals surface area contributed by atoms with E-state index in [0.29, 0.717) is 17.2 Å². The van der Waals surface area contributed by atoms with Gasteiger partial charge in [-0.05, 0) is 36.5 Å². The molecule has 2 rings (SSSR count). The summed E-state index contributed by atoms with van der Waals surface area (Å²) in [6.45, 7) is 0. The molecular formula is C13H16N2. The molecule has 0 bridgehead atoms.